The number of hydrogen-bond acceptors (Lipinski definition) is 14. The highest BCUT2D eigenvalue weighted by Crippen LogP contribution is 2.32. The molecule has 0 fully saturated rings. The van der Waals surface area contributed by atoms with Crippen molar-refractivity contribution in [3.63, 3.8) is 0 Å². The number of carboxylic acid groups (broad SMARTS) is 1. The fourth-order valence-corrected chi connectivity index (χ4v) is 5.41. The van der Waals surface area contributed by atoms with Gasteiger partial charge in [-0.2, -0.15) is 0 Å². The quantitative estimate of drug-likeness (QED) is 0.0322. The molecule has 314 valence electrons. The van der Waals surface area contributed by atoms with Crippen LogP contribution in [0.2, 0.25) is 0 Å². The second kappa shape index (κ2) is 22.9. The number of aldehydes is 1. The van der Waals surface area contributed by atoms with Crippen LogP contribution in [-0.4, -0.2) is 138 Å². The van der Waals surface area contributed by atoms with Gasteiger partial charge in [0.15, 0.2) is 5.44 Å². The van der Waals surface area contributed by atoms with Gasteiger partial charge in [0.25, 0.3) is 0 Å². The molecule has 0 aromatic carbocycles. The molecule has 26 heteroatoms. The van der Waals surface area contributed by atoms with Gasteiger partial charge in [-0.25, -0.2) is 4.68 Å². The minimum absolute atomic E-state index is 0.133. The van der Waals surface area contributed by atoms with Crippen LogP contribution in [0.15, 0.2) is 6.20 Å². The zero-order valence-electron chi connectivity index (χ0n) is 31.0. The number of rotatable bonds is 25. The average Bonchev–Trinajstić information content (AvgIpc) is 3.61. The highest BCUT2D eigenvalue weighted by atomic mass is 31.2. The molecule has 56 heavy (non-hydrogen) atoms. The monoisotopic (exact) mass is 819 g/mol. The van der Waals surface area contributed by atoms with Gasteiger partial charge in [-0.1, -0.05) is 45.7 Å². The Balaban J connectivity index is 3.33. The number of carbonyl (C=O) groups excluding carboxylic acids is 8. The first-order valence-corrected chi connectivity index (χ1v) is 18.8. The number of primary amides is 1. The summed E-state index contributed by atoms with van der Waals surface area (Å²) < 4.78 is 12.7. The lowest BCUT2D eigenvalue weighted by Crippen LogP contribution is -2.61. The number of carboxylic acids is 1. The van der Waals surface area contributed by atoms with Crippen LogP contribution in [0.4, 0.5) is 0 Å². The zero-order valence-corrected chi connectivity index (χ0v) is 31.9. The Labute approximate surface area is 320 Å². The van der Waals surface area contributed by atoms with Crippen LogP contribution >= 0.6 is 7.60 Å². The first kappa shape index (κ1) is 48.7. The van der Waals surface area contributed by atoms with Crippen molar-refractivity contribution >= 4 is 66.6 Å². The number of hydrogen-bond donors (Lipinski definition) is 12. The summed E-state index contributed by atoms with van der Waals surface area (Å²) in [7, 11) is -5.03. The van der Waals surface area contributed by atoms with Crippen molar-refractivity contribution in [1.29, 1.82) is 0 Å². The third-order valence-electron chi connectivity index (χ3n) is 8.37. The van der Waals surface area contributed by atoms with E-state index in [4.69, 9.17) is 16.6 Å². The van der Waals surface area contributed by atoms with E-state index in [9.17, 15) is 62.6 Å². The molecule has 7 amide bonds. The normalized spacial score (nSPS) is 15.6. The van der Waals surface area contributed by atoms with Crippen molar-refractivity contribution in [2.45, 2.75) is 96.2 Å². The van der Waals surface area contributed by atoms with Crippen LogP contribution in [0.3, 0.4) is 0 Å². The minimum Gasteiger partial charge on any atom is -0.481 e. The van der Waals surface area contributed by atoms with E-state index in [1.54, 1.807) is 27.7 Å². The van der Waals surface area contributed by atoms with Crippen molar-refractivity contribution in [2.75, 3.05) is 13.2 Å². The van der Waals surface area contributed by atoms with E-state index in [0.29, 0.717) is 11.1 Å². The van der Waals surface area contributed by atoms with Crippen LogP contribution in [0.25, 0.3) is 0 Å². The minimum atomic E-state index is -5.03. The molecule has 1 aromatic heterocycles. The van der Waals surface area contributed by atoms with Crippen molar-refractivity contribution < 1.29 is 67.7 Å². The van der Waals surface area contributed by atoms with Crippen LogP contribution < -0.4 is 48.8 Å². The van der Waals surface area contributed by atoms with Crippen molar-refractivity contribution in [3.8, 4) is 0 Å². The summed E-state index contributed by atoms with van der Waals surface area (Å²) in [4.78, 5) is 131. The molecule has 0 spiro atoms. The van der Waals surface area contributed by atoms with Crippen LogP contribution in [0.5, 0.6) is 0 Å². The molecule has 1 aromatic rings. The number of aromatic nitrogens is 3. The third-order valence-corrected chi connectivity index (χ3v) is 9.32. The number of nitrogens with two attached hydrogens (primary N) is 2. The van der Waals surface area contributed by atoms with E-state index in [1.165, 1.54) is 0 Å². The maximum absolute atomic E-state index is 13.8. The first-order chi connectivity index (χ1) is 26.1. The van der Waals surface area contributed by atoms with Crippen LogP contribution in [0.1, 0.15) is 53.4 Å². The molecule has 25 nitrogen and oxygen atoms in total. The van der Waals surface area contributed by atoms with Crippen molar-refractivity contribution in [1.82, 2.24) is 46.9 Å². The Hall–Kier alpha value is -5.36. The summed E-state index contributed by atoms with van der Waals surface area (Å²) in [6, 6.07) is -8.98. The van der Waals surface area contributed by atoms with Gasteiger partial charge in [0.05, 0.1) is 50.8 Å². The average molecular weight is 820 g/mol. The van der Waals surface area contributed by atoms with E-state index >= 15 is 0 Å². The fourth-order valence-electron chi connectivity index (χ4n) is 4.79. The van der Waals surface area contributed by atoms with Gasteiger partial charge in [-0.05, 0) is 11.8 Å². The second-order valence-corrected chi connectivity index (χ2v) is 14.3. The molecule has 0 unspecified atom stereocenters. The molecule has 1 rings (SSSR count). The Morgan fingerprint density at radius 3 is 1.88 bits per heavy atom. The standard InChI is InChI=1S/C30H50N11O14P/c1-5-14(3)24(39-30(52)25(15(4)6-2)38-26(48)17(31)8-20(32)44)29(51)37-18(11-41-22(10-34-40-41)56(53,54)55)27(49)33-9-21(45)36-19(13-43)28(50)35-16(12-42)7-23(46)47/h10,12,14-19,24-25,43H,5-9,11,13,31H2,1-4H3,(H2,32,44)(H,33,49)(H,35,50)(H,36,45)(H,37,51)(H,38,48)(H,39,52)(H,46,47)(H2,53,54,55)/t14-,15-,16-,17-,18-,19-,24-,25-/m0/s1. The van der Waals surface area contributed by atoms with Crippen LogP contribution in [-0.2, 0) is 54.3 Å². The number of carbonyl (C=O) groups is 9. The predicted molar refractivity (Wildman–Crippen MR) is 190 cm³/mol. The first-order valence-electron chi connectivity index (χ1n) is 17.1. The lowest BCUT2D eigenvalue weighted by molar-refractivity contribution is -0.139. The van der Waals surface area contributed by atoms with Gasteiger partial charge in [-0.3, -0.25) is 42.9 Å². The SMILES string of the molecule is CC[C@H](C)[C@H](NC(=O)[C@@H](NC(=O)[C@@H](N)CC(N)=O)[C@@H](C)CC)C(=O)N[C@@H](Cn1nncc1P(=O)(O)O)C(=O)NCC(=O)N[C@@H](CO)C(=O)N[C@H](C=O)CC(=O)O. The Morgan fingerprint density at radius 1 is 0.839 bits per heavy atom. The topological polar surface area (TPSA) is 407 Å². The smallest absolute Gasteiger partial charge is 0.375 e. The van der Waals surface area contributed by atoms with Gasteiger partial charge < -0.3 is 68.2 Å². The molecule has 1 heterocycles. The highest BCUT2D eigenvalue weighted by molar-refractivity contribution is 7.60. The third kappa shape index (κ3) is 15.8. The molecule has 0 aliphatic carbocycles. The van der Waals surface area contributed by atoms with Gasteiger partial charge in [0, 0.05) is 0 Å². The molecule has 14 N–H and O–H groups in total. The maximum Gasteiger partial charge on any atom is 0.375 e. The van der Waals surface area contributed by atoms with E-state index in [-0.39, 0.29) is 12.7 Å². The summed E-state index contributed by atoms with van der Waals surface area (Å²) in [6.45, 7) is 3.93. The summed E-state index contributed by atoms with van der Waals surface area (Å²) in [6.07, 6.45) is 0.212. The highest BCUT2D eigenvalue weighted by Gasteiger charge is 2.36. The lowest BCUT2D eigenvalue weighted by Gasteiger charge is -2.30. The van der Waals surface area contributed by atoms with E-state index in [0.717, 1.165) is 6.20 Å². The van der Waals surface area contributed by atoms with Gasteiger partial charge in [0.2, 0.25) is 41.4 Å². The molecular formula is C30H50N11O14P. The number of nitrogens with one attached hydrogen (secondary N) is 6. The molecule has 0 saturated carbocycles. The molecular weight excluding hydrogens is 769 g/mol. The van der Waals surface area contributed by atoms with Crippen LogP contribution in [0, 0.1) is 11.8 Å². The Bertz CT molecular complexity index is 1640. The van der Waals surface area contributed by atoms with Crippen molar-refractivity contribution in [3.05, 3.63) is 6.20 Å². The fraction of sp³-hybridized carbons (Fsp3) is 0.633. The van der Waals surface area contributed by atoms with Gasteiger partial charge in [-0.15, -0.1) is 5.10 Å². The molecule has 0 bridgehead atoms. The number of aliphatic carboxylic acids is 1. The molecule has 0 aliphatic heterocycles. The Kier molecular flexibility index (Phi) is 19.9. The summed E-state index contributed by atoms with van der Waals surface area (Å²) in [5.41, 5.74) is 10.1. The largest absolute Gasteiger partial charge is 0.481 e. The Morgan fingerprint density at radius 2 is 1.39 bits per heavy atom. The van der Waals surface area contributed by atoms with Gasteiger partial charge in [0.1, 0.15) is 30.5 Å². The maximum atomic E-state index is 13.8. The zero-order chi connectivity index (χ0) is 42.9. The second-order valence-electron chi connectivity index (χ2n) is 12.8. The summed E-state index contributed by atoms with van der Waals surface area (Å²) >= 11 is 0. The molecule has 0 radical (unpaired) electrons. The predicted octanol–water partition coefficient (Wildman–Crippen LogP) is -6.42. The van der Waals surface area contributed by atoms with Crippen molar-refractivity contribution in [2.24, 2.45) is 23.3 Å². The van der Waals surface area contributed by atoms with E-state index < -0.39 is 141 Å². The molecule has 0 saturated heterocycles. The van der Waals surface area contributed by atoms with E-state index in [1.807, 2.05) is 5.32 Å². The molecule has 0 aliphatic rings. The number of amides is 7. The lowest BCUT2D eigenvalue weighted by atomic mass is 9.94. The van der Waals surface area contributed by atoms with Gasteiger partial charge >= 0.3 is 13.6 Å². The number of aliphatic hydroxyl groups is 1. The number of nitrogens with zero attached hydrogens (tertiary/aromatic N) is 3. The summed E-state index contributed by atoms with van der Waals surface area (Å²) in [5, 5.41) is 39.1. The van der Waals surface area contributed by atoms with E-state index in [2.05, 4.69) is 36.9 Å². The summed E-state index contributed by atoms with van der Waals surface area (Å²) in [5.74, 6) is -9.47. The molecule has 8 atom stereocenters. The number of aliphatic hydroxyl groups excluding tert-OH is 1.